The first kappa shape index (κ1) is 21.3. The van der Waals surface area contributed by atoms with Crippen molar-refractivity contribution in [2.24, 2.45) is 0 Å². The third-order valence-electron chi connectivity index (χ3n) is 4.64. The first-order valence-corrected chi connectivity index (χ1v) is 10.3. The Kier molecular flexibility index (Phi) is 6.38. The minimum atomic E-state index is -0.522. The molecule has 1 aromatic heterocycles. The summed E-state index contributed by atoms with van der Waals surface area (Å²) in [6.07, 6.45) is 0. The van der Waals surface area contributed by atoms with Crippen LogP contribution in [0.3, 0.4) is 0 Å². The molecule has 0 radical (unpaired) electrons. The van der Waals surface area contributed by atoms with Gasteiger partial charge in [-0.2, -0.15) is 5.26 Å². The summed E-state index contributed by atoms with van der Waals surface area (Å²) in [4.78, 5) is 32.2. The van der Waals surface area contributed by atoms with Gasteiger partial charge in [-0.15, -0.1) is 0 Å². The standard InChI is InChI=1S/C23H22N4O2S/c1-13-10-14(2)19(15(3)11-13)25-21(28)16(4)30-23-26-20(17-8-6-5-7-9-17)18(12-24)22(29)27-23/h5-11,16H,1-4H3,(H,25,28)(H,26,27,29)/t16-/m0/s1. The van der Waals surface area contributed by atoms with E-state index in [-0.39, 0.29) is 16.6 Å². The number of aromatic amines is 1. The van der Waals surface area contributed by atoms with Gasteiger partial charge in [0.25, 0.3) is 5.56 Å². The van der Waals surface area contributed by atoms with Gasteiger partial charge in [-0.3, -0.25) is 9.59 Å². The summed E-state index contributed by atoms with van der Waals surface area (Å²) in [6, 6.07) is 15.0. The molecule has 2 N–H and O–H groups in total. The summed E-state index contributed by atoms with van der Waals surface area (Å²) in [5.74, 6) is -0.191. The molecule has 0 aliphatic heterocycles. The van der Waals surface area contributed by atoms with Gasteiger partial charge in [0, 0.05) is 11.3 Å². The number of aromatic nitrogens is 2. The molecule has 0 saturated heterocycles. The number of hydrogen-bond acceptors (Lipinski definition) is 5. The molecule has 3 rings (SSSR count). The number of anilines is 1. The summed E-state index contributed by atoms with van der Waals surface area (Å²) < 4.78 is 0. The number of thioether (sulfide) groups is 1. The number of aryl methyl sites for hydroxylation is 3. The van der Waals surface area contributed by atoms with Crippen LogP contribution in [0.25, 0.3) is 11.3 Å². The van der Waals surface area contributed by atoms with Gasteiger partial charge in [0.05, 0.1) is 10.9 Å². The molecule has 7 heteroatoms. The summed E-state index contributed by atoms with van der Waals surface area (Å²) in [5, 5.41) is 12.1. The first-order chi connectivity index (χ1) is 14.3. The number of hydrogen-bond donors (Lipinski definition) is 2. The summed E-state index contributed by atoms with van der Waals surface area (Å²) in [6.45, 7) is 7.68. The van der Waals surface area contributed by atoms with Crippen molar-refractivity contribution in [3.8, 4) is 17.3 Å². The second-order valence-electron chi connectivity index (χ2n) is 7.10. The fraction of sp³-hybridized carbons (Fsp3) is 0.217. The van der Waals surface area contributed by atoms with Crippen LogP contribution in [0.5, 0.6) is 0 Å². The van der Waals surface area contributed by atoms with E-state index in [1.807, 2.05) is 57.2 Å². The van der Waals surface area contributed by atoms with Crippen molar-refractivity contribution in [2.45, 2.75) is 38.1 Å². The molecule has 1 atom stereocenters. The van der Waals surface area contributed by atoms with Crippen LogP contribution in [-0.2, 0) is 4.79 Å². The maximum absolute atomic E-state index is 12.8. The molecular formula is C23H22N4O2S. The predicted molar refractivity (Wildman–Crippen MR) is 120 cm³/mol. The van der Waals surface area contributed by atoms with Gasteiger partial charge >= 0.3 is 0 Å². The van der Waals surface area contributed by atoms with E-state index in [1.165, 1.54) is 0 Å². The molecule has 30 heavy (non-hydrogen) atoms. The Morgan fingerprint density at radius 1 is 1.17 bits per heavy atom. The third kappa shape index (κ3) is 4.61. The Morgan fingerprint density at radius 2 is 1.80 bits per heavy atom. The number of nitrogens with one attached hydrogen (secondary N) is 2. The lowest BCUT2D eigenvalue weighted by molar-refractivity contribution is -0.115. The molecule has 0 saturated carbocycles. The lowest BCUT2D eigenvalue weighted by Gasteiger charge is -2.16. The van der Waals surface area contributed by atoms with Gasteiger partial charge in [0.15, 0.2) is 5.16 Å². The normalized spacial score (nSPS) is 11.6. The zero-order valence-corrected chi connectivity index (χ0v) is 18.1. The number of H-pyrrole nitrogens is 1. The minimum Gasteiger partial charge on any atom is -0.325 e. The maximum Gasteiger partial charge on any atom is 0.270 e. The Hall–Kier alpha value is -3.37. The number of amides is 1. The molecule has 1 amide bonds. The summed E-state index contributed by atoms with van der Waals surface area (Å²) >= 11 is 1.14. The van der Waals surface area contributed by atoms with Gasteiger partial charge in [0.2, 0.25) is 5.91 Å². The lowest BCUT2D eigenvalue weighted by atomic mass is 10.1. The second kappa shape index (κ2) is 8.97. The fourth-order valence-electron chi connectivity index (χ4n) is 3.24. The molecule has 6 nitrogen and oxygen atoms in total. The lowest BCUT2D eigenvalue weighted by Crippen LogP contribution is -2.24. The molecule has 0 aliphatic rings. The van der Waals surface area contributed by atoms with E-state index in [2.05, 4.69) is 15.3 Å². The molecular weight excluding hydrogens is 396 g/mol. The van der Waals surface area contributed by atoms with E-state index in [9.17, 15) is 14.9 Å². The highest BCUT2D eigenvalue weighted by atomic mass is 32.2. The van der Waals surface area contributed by atoms with Crippen LogP contribution in [0.1, 0.15) is 29.2 Å². The van der Waals surface area contributed by atoms with Crippen molar-refractivity contribution in [1.29, 1.82) is 5.26 Å². The Balaban J connectivity index is 1.86. The van der Waals surface area contributed by atoms with Crippen LogP contribution in [-0.4, -0.2) is 21.1 Å². The van der Waals surface area contributed by atoms with Gasteiger partial charge in [-0.1, -0.05) is 59.8 Å². The van der Waals surface area contributed by atoms with Crippen molar-refractivity contribution < 1.29 is 4.79 Å². The number of rotatable bonds is 5. The minimum absolute atomic E-state index is 0.0476. The van der Waals surface area contributed by atoms with Gasteiger partial charge in [0.1, 0.15) is 11.6 Å². The molecule has 1 heterocycles. The van der Waals surface area contributed by atoms with Crippen molar-refractivity contribution in [1.82, 2.24) is 9.97 Å². The van der Waals surface area contributed by atoms with Crippen molar-refractivity contribution in [3.05, 3.63) is 75.1 Å². The smallest absolute Gasteiger partial charge is 0.270 e. The SMILES string of the molecule is Cc1cc(C)c(NC(=O)[C@H](C)Sc2nc(-c3ccccc3)c(C#N)c(=O)[nH]2)c(C)c1. The van der Waals surface area contributed by atoms with Crippen LogP contribution in [0.4, 0.5) is 5.69 Å². The molecule has 0 bridgehead atoms. The largest absolute Gasteiger partial charge is 0.325 e. The number of benzene rings is 2. The van der Waals surface area contributed by atoms with Crippen molar-refractivity contribution in [3.63, 3.8) is 0 Å². The van der Waals surface area contributed by atoms with Crippen LogP contribution < -0.4 is 10.9 Å². The van der Waals surface area contributed by atoms with Crippen LogP contribution in [0.2, 0.25) is 0 Å². The average molecular weight is 419 g/mol. The topological polar surface area (TPSA) is 98.6 Å². The third-order valence-corrected chi connectivity index (χ3v) is 5.62. The fourth-order valence-corrected chi connectivity index (χ4v) is 4.04. The van der Waals surface area contributed by atoms with Crippen LogP contribution in [0, 0.1) is 32.1 Å². The highest BCUT2D eigenvalue weighted by Crippen LogP contribution is 2.26. The zero-order chi connectivity index (χ0) is 21.8. The highest BCUT2D eigenvalue weighted by molar-refractivity contribution is 8.00. The number of carbonyl (C=O) groups excluding carboxylic acids is 1. The average Bonchev–Trinajstić information content (AvgIpc) is 2.70. The Labute approximate surface area is 179 Å². The Morgan fingerprint density at radius 3 is 2.40 bits per heavy atom. The monoisotopic (exact) mass is 418 g/mol. The molecule has 3 aromatic rings. The van der Waals surface area contributed by atoms with Gasteiger partial charge < -0.3 is 10.3 Å². The Bertz CT molecular complexity index is 1170. The van der Waals surface area contributed by atoms with Crippen LogP contribution >= 0.6 is 11.8 Å². The van der Waals surface area contributed by atoms with Crippen LogP contribution in [0.15, 0.2) is 52.4 Å². The summed E-state index contributed by atoms with van der Waals surface area (Å²) in [7, 11) is 0. The van der Waals surface area contributed by atoms with E-state index in [4.69, 9.17) is 0 Å². The number of nitrogens with zero attached hydrogens (tertiary/aromatic N) is 2. The number of carbonyl (C=O) groups is 1. The van der Waals surface area contributed by atoms with E-state index in [0.29, 0.717) is 11.3 Å². The molecule has 0 fully saturated rings. The summed E-state index contributed by atoms with van der Waals surface area (Å²) in [5.41, 5.74) is 4.33. The molecule has 0 aliphatic carbocycles. The molecule has 0 unspecified atom stereocenters. The van der Waals surface area contributed by atoms with E-state index in [1.54, 1.807) is 19.1 Å². The maximum atomic E-state index is 12.8. The highest BCUT2D eigenvalue weighted by Gasteiger charge is 2.20. The van der Waals surface area contributed by atoms with E-state index in [0.717, 1.165) is 34.1 Å². The number of nitriles is 1. The molecule has 2 aromatic carbocycles. The quantitative estimate of drug-likeness (QED) is 0.474. The van der Waals surface area contributed by atoms with Crippen molar-refractivity contribution in [2.75, 3.05) is 5.32 Å². The molecule has 0 spiro atoms. The van der Waals surface area contributed by atoms with E-state index < -0.39 is 10.8 Å². The second-order valence-corrected chi connectivity index (χ2v) is 8.43. The predicted octanol–water partition coefficient (Wildman–Crippen LogP) is 4.35. The van der Waals surface area contributed by atoms with Gasteiger partial charge in [-0.25, -0.2) is 4.98 Å². The molecule has 152 valence electrons. The first-order valence-electron chi connectivity index (χ1n) is 9.45. The van der Waals surface area contributed by atoms with E-state index >= 15 is 0 Å². The van der Waals surface area contributed by atoms with Gasteiger partial charge in [-0.05, 0) is 38.8 Å². The zero-order valence-electron chi connectivity index (χ0n) is 17.2. The van der Waals surface area contributed by atoms with Crippen molar-refractivity contribution >= 4 is 23.4 Å².